The largest absolute Gasteiger partial charge is 0.497 e. The van der Waals surface area contributed by atoms with Gasteiger partial charge in [-0.05, 0) is 42.8 Å². The third-order valence-electron chi connectivity index (χ3n) is 6.37. The number of hydrogen-bond donors (Lipinski definition) is 1. The van der Waals surface area contributed by atoms with Gasteiger partial charge in [0.1, 0.15) is 5.75 Å². The van der Waals surface area contributed by atoms with Crippen LogP contribution in [-0.2, 0) is 14.9 Å². The molecular weight excluding hydrogens is 478 g/mol. The van der Waals surface area contributed by atoms with Gasteiger partial charge in [0.15, 0.2) is 6.23 Å². The summed E-state index contributed by atoms with van der Waals surface area (Å²) in [6.45, 7) is 2.41. The summed E-state index contributed by atoms with van der Waals surface area (Å²) in [5.74, 6) is 0.0243. The molecule has 1 aromatic heterocycles. The molecule has 2 heterocycles. The molecule has 5 rings (SSSR count). The first kappa shape index (κ1) is 24.1. The van der Waals surface area contributed by atoms with Crippen molar-refractivity contribution in [1.82, 2.24) is 13.6 Å². The van der Waals surface area contributed by atoms with E-state index in [9.17, 15) is 13.2 Å². The lowest BCUT2D eigenvalue weighted by atomic mass is 9.96. The Labute approximate surface area is 210 Å². The average Bonchev–Trinajstić information content (AvgIpc) is 3.36. The molecule has 1 aliphatic rings. The number of carbonyl (C=O) groups excluding carboxylic acids is 1. The van der Waals surface area contributed by atoms with Crippen LogP contribution in [0, 0.1) is 0 Å². The van der Waals surface area contributed by atoms with E-state index in [4.69, 9.17) is 9.47 Å². The number of nitrogens with one attached hydrogen (secondary N) is 1. The highest BCUT2D eigenvalue weighted by molar-refractivity contribution is 7.87. The van der Waals surface area contributed by atoms with Gasteiger partial charge in [0, 0.05) is 48.3 Å². The lowest BCUT2D eigenvalue weighted by molar-refractivity contribution is 0.0497. The summed E-state index contributed by atoms with van der Waals surface area (Å²) in [6.07, 6.45) is -0.432. The molecule has 0 spiro atoms. The topological polar surface area (TPSA) is 89.9 Å². The fraction of sp³-hybridized carbons (Fsp3) is 0.222. The summed E-state index contributed by atoms with van der Waals surface area (Å²) in [7, 11) is 0.427. The molecule has 4 aromatic rings. The zero-order valence-corrected chi connectivity index (χ0v) is 21.3. The van der Waals surface area contributed by atoms with Gasteiger partial charge in [-0.3, -0.25) is 4.79 Å². The summed E-state index contributed by atoms with van der Waals surface area (Å²) in [6, 6.07) is 21.2. The molecule has 8 nitrogen and oxygen atoms in total. The molecule has 9 heteroatoms. The second-order valence-corrected chi connectivity index (χ2v) is 10.6. The van der Waals surface area contributed by atoms with E-state index in [1.54, 1.807) is 19.2 Å². The monoisotopic (exact) mass is 505 g/mol. The number of methoxy groups -OCH3 is 1. The van der Waals surface area contributed by atoms with E-state index in [1.807, 2.05) is 49.4 Å². The maximum absolute atomic E-state index is 12.9. The van der Waals surface area contributed by atoms with E-state index in [0.29, 0.717) is 6.61 Å². The van der Waals surface area contributed by atoms with Crippen LogP contribution < -0.4 is 9.46 Å². The minimum Gasteiger partial charge on any atom is -0.497 e. The standard InChI is InChI=1S/C27H27N3O5S/c1-5-35-27-22-16-19(34-4)12-14-20(22)25-24(17-9-7-6-8-10-17)21-13-11-18(15-23(21)30(25)27)26(31)28-36(32,33)29(2)3/h6-16,27H,5H2,1-4H3,(H,28,31). The highest BCUT2D eigenvalue weighted by Gasteiger charge is 2.35. The smallest absolute Gasteiger partial charge is 0.303 e. The minimum absolute atomic E-state index is 0.233. The Morgan fingerprint density at radius 2 is 1.81 bits per heavy atom. The Hall–Kier alpha value is -3.66. The molecular formula is C27H27N3O5S. The maximum Gasteiger partial charge on any atom is 0.303 e. The molecule has 0 fully saturated rings. The Balaban J connectivity index is 1.77. The van der Waals surface area contributed by atoms with E-state index in [0.717, 1.165) is 48.9 Å². The van der Waals surface area contributed by atoms with Crippen molar-refractivity contribution in [2.75, 3.05) is 27.8 Å². The van der Waals surface area contributed by atoms with Crippen LogP contribution >= 0.6 is 0 Å². The summed E-state index contributed by atoms with van der Waals surface area (Å²) in [4.78, 5) is 12.9. The van der Waals surface area contributed by atoms with Gasteiger partial charge in [0.25, 0.3) is 5.91 Å². The van der Waals surface area contributed by atoms with Crippen LogP contribution in [0.1, 0.15) is 29.1 Å². The Morgan fingerprint density at radius 3 is 2.47 bits per heavy atom. The number of benzene rings is 3. The van der Waals surface area contributed by atoms with Crippen molar-refractivity contribution in [3.05, 3.63) is 77.9 Å². The van der Waals surface area contributed by atoms with Gasteiger partial charge in [-0.15, -0.1) is 0 Å². The Kier molecular flexibility index (Phi) is 6.07. The number of carbonyl (C=O) groups is 1. The number of nitrogens with zero attached hydrogens (tertiary/aromatic N) is 2. The molecule has 1 N–H and O–H groups in total. The summed E-state index contributed by atoms with van der Waals surface area (Å²) >= 11 is 0. The fourth-order valence-corrected chi connectivity index (χ4v) is 5.21. The second kappa shape index (κ2) is 9.09. The van der Waals surface area contributed by atoms with E-state index in [1.165, 1.54) is 14.1 Å². The summed E-state index contributed by atoms with van der Waals surface area (Å²) in [5, 5.41) is 0.939. The molecule has 0 bridgehead atoms. The van der Waals surface area contributed by atoms with Gasteiger partial charge in [0.05, 0.1) is 18.3 Å². The number of aromatic nitrogens is 1. The highest BCUT2D eigenvalue weighted by atomic mass is 32.2. The van der Waals surface area contributed by atoms with Crippen molar-refractivity contribution >= 4 is 27.0 Å². The quantitative estimate of drug-likeness (QED) is 0.402. The fourth-order valence-electron chi connectivity index (χ4n) is 4.67. The van der Waals surface area contributed by atoms with E-state index >= 15 is 0 Å². The van der Waals surface area contributed by atoms with Crippen molar-refractivity contribution in [2.45, 2.75) is 13.2 Å². The van der Waals surface area contributed by atoms with E-state index < -0.39 is 22.3 Å². The van der Waals surface area contributed by atoms with Crippen molar-refractivity contribution in [3.63, 3.8) is 0 Å². The van der Waals surface area contributed by atoms with Crippen LogP contribution in [0.5, 0.6) is 5.75 Å². The lowest BCUT2D eigenvalue weighted by Gasteiger charge is -2.17. The molecule has 186 valence electrons. The number of hydrogen-bond acceptors (Lipinski definition) is 5. The van der Waals surface area contributed by atoms with Crippen LogP contribution in [0.15, 0.2) is 66.7 Å². The van der Waals surface area contributed by atoms with E-state index in [2.05, 4.69) is 21.4 Å². The molecule has 36 heavy (non-hydrogen) atoms. The van der Waals surface area contributed by atoms with Gasteiger partial charge >= 0.3 is 10.2 Å². The normalized spacial score (nSPS) is 14.6. The van der Waals surface area contributed by atoms with Crippen LogP contribution in [0.2, 0.25) is 0 Å². The average molecular weight is 506 g/mol. The zero-order valence-electron chi connectivity index (χ0n) is 20.5. The number of ether oxygens (including phenoxy) is 2. The lowest BCUT2D eigenvalue weighted by Crippen LogP contribution is -2.39. The molecule has 0 saturated heterocycles. The van der Waals surface area contributed by atoms with Crippen LogP contribution in [0.3, 0.4) is 0 Å². The minimum atomic E-state index is -3.93. The SMILES string of the molecule is CCOC1c2cc(OC)ccc2-c2c(-c3ccccc3)c3ccc(C(=O)NS(=O)(=O)N(C)C)cc3n21. The van der Waals surface area contributed by atoms with Gasteiger partial charge in [-0.1, -0.05) is 36.4 Å². The molecule has 1 amide bonds. The third-order valence-corrected chi connectivity index (χ3v) is 7.78. The zero-order chi connectivity index (χ0) is 25.6. The molecule has 0 radical (unpaired) electrons. The van der Waals surface area contributed by atoms with Gasteiger partial charge < -0.3 is 14.0 Å². The van der Waals surface area contributed by atoms with Gasteiger partial charge in [0.2, 0.25) is 0 Å². The summed E-state index contributed by atoms with van der Waals surface area (Å²) in [5.41, 5.74) is 6.02. The first-order chi connectivity index (χ1) is 17.3. The third kappa shape index (κ3) is 3.85. The highest BCUT2D eigenvalue weighted by Crippen LogP contribution is 2.51. The molecule has 0 aliphatic carbocycles. The van der Waals surface area contributed by atoms with Crippen molar-refractivity contribution in [3.8, 4) is 28.1 Å². The predicted octanol–water partition coefficient (Wildman–Crippen LogP) is 4.42. The van der Waals surface area contributed by atoms with Crippen molar-refractivity contribution in [1.29, 1.82) is 0 Å². The molecule has 0 saturated carbocycles. The molecule has 1 aliphatic heterocycles. The Bertz CT molecular complexity index is 1580. The first-order valence-corrected chi connectivity index (χ1v) is 13.0. The second-order valence-electron chi connectivity index (χ2n) is 8.67. The van der Waals surface area contributed by atoms with Crippen LogP contribution in [0.4, 0.5) is 0 Å². The first-order valence-electron chi connectivity index (χ1n) is 11.5. The van der Waals surface area contributed by atoms with Crippen LogP contribution in [-0.4, -0.2) is 51.0 Å². The molecule has 1 atom stereocenters. The summed E-state index contributed by atoms with van der Waals surface area (Å²) < 4.78 is 41.4. The molecule has 1 unspecified atom stereocenters. The number of fused-ring (bicyclic) bond motifs is 5. The van der Waals surface area contributed by atoms with Gasteiger partial charge in [-0.25, -0.2) is 4.72 Å². The van der Waals surface area contributed by atoms with Crippen LogP contribution in [0.25, 0.3) is 33.3 Å². The van der Waals surface area contributed by atoms with E-state index in [-0.39, 0.29) is 5.56 Å². The number of rotatable bonds is 7. The number of amides is 1. The van der Waals surface area contributed by atoms with Crippen molar-refractivity contribution < 1.29 is 22.7 Å². The Morgan fingerprint density at radius 1 is 1.06 bits per heavy atom. The molecule has 3 aromatic carbocycles. The van der Waals surface area contributed by atoms with Gasteiger partial charge in [-0.2, -0.15) is 12.7 Å². The predicted molar refractivity (Wildman–Crippen MR) is 139 cm³/mol. The maximum atomic E-state index is 12.9. The van der Waals surface area contributed by atoms with Crippen molar-refractivity contribution in [2.24, 2.45) is 0 Å².